The maximum absolute atomic E-state index is 12.5. The van der Waals surface area contributed by atoms with Crippen molar-refractivity contribution in [1.82, 2.24) is 9.96 Å². The molecule has 0 spiro atoms. The van der Waals surface area contributed by atoms with E-state index in [4.69, 9.17) is 9.57 Å². The van der Waals surface area contributed by atoms with Gasteiger partial charge in [0.1, 0.15) is 6.10 Å². The Kier molecular flexibility index (Phi) is 3.90. The molecule has 4 aliphatic rings. The van der Waals surface area contributed by atoms with Crippen LogP contribution in [0, 0.1) is 5.92 Å². The van der Waals surface area contributed by atoms with Gasteiger partial charge in [-0.1, -0.05) is 6.42 Å². The Labute approximate surface area is 126 Å². The van der Waals surface area contributed by atoms with E-state index in [1.54, 1.807) is 5.06 Å². The van der Waals surface area contributed by atoms with Gasteiger partial charge in [0.15, 0.2) is 0 Å². The molecule has 0 unspecified atom stereocenters. The van der Waals surface area contributed by atoms with E-state index in [9.17, 15) is 4.79 Å². The van der Waals surface area contributed by atoms with Gasteiger partial charge in [0.25, 0.3) is 5.91 Å². The molecule has 1 aliphatic carbocycles. The molecule has 4 rings (SSSR count). The number of hydroxylamine groups is 2. The van der Waals surface area contributed by atoms with E-state index in [1.165, 1.54) is 32.2 Å². The third kappa shape index (κ3) is 2.71. The number of ether oxygens (including phenoxy) is 1. The van der Waals surface area contributed by atoms with Crippen LogP contribution in [0.15, 0.2) is 0 Å². The van der Waals surface area contributed by atoms with Crippen LogP contribution in [0.1, 0.15) is 44.9 Å². The van der Waals surface area contributed by atoms with Crippen LogP contribution < -0.4 is 0 Å². The van der Waals surface area contributed by atoms with Gasteiger partial charge in [0.05, 0.1) is 12.7 Å². The lowest BCUT2D eigenvalue weighted by Gasteiger charge is -2.43. The molecule has 21 heavy (non-hydrogen) atoms. The number of carbonyl (C=O) groups excluding carboxylic acids is 1. The van der Waals surface area contributed by atoms with Crippen molar-refractivity contribution in [3.63, 3.8) is 0 Å². The summed E-state index contributed by atoms with van der Waals surface area (Å²) in [6, 6.07) is 0.787. The average Bonchev–Trinajstić information content (AvgIpc) is 2.89. The molecule has 3 aliphatic heterocycles. The Morgan fingerprint density at radius 1 is 1.05 bits per heavy atom. The van der Waals surface area contributed by atoms with E-state index in [2.05, 4.69) is 4.90 Å². The van der Waals surface area contributed by atoms with E-state index in [-0.39, 0.29) is 18.1 Å². The van der Waals surface area contributed by atoms with Gasteiger partial charge in [0.2, 0.25) is 0 Å². The number of hydrogen-bond donors (Lipinski definition) is 0. The molecule has 5 nitrogen and oxygen atoms in total. The van der Waals surface area contributed by atoms with Gasteiger partial charge in [-0.15, -0.1) is 0 Å². The minimum Gasteiger partial charge on any atom is -0.363 e. The van der Waals surface area contributed by atoms with Gasteiger partial charge in [-0.3, -0.25) is 14.5 Å². The zero-order valence-electron chi connectivity index (χ0n) is 12.7. The number of rotatable bonds is 2. The van der Waals surface area contributed by atoms with Gasteiger partial charge < -0.3 is 4.74 Å². The Hall–Kier alpha value is -0.650. The van der Waals surface area contributed by atoms with Crippen LogP contribution in [-0.4, -0.2) is 60.4 Å². The fraction of sp³-hybridized carbons (Fsp3) is 0.938. The number of amides is 1. The summed E-state index contributed by atoms with van der Waals surface area (Å²) < 4.78 is 6.12. The van der Waals surface area contributed by atoms with Crippen molar-refractivity contribution in [3.05, 3.63) is 0 Å². The summed E-state index contributed by atoms with van der Waals surface area (Å²) in [5, 5.41) is 1.55. The predicted molar refractivity (Wildman–Crippen MR) is 77.5 cm³/mol. The van der Waals surface area contributed by atoms with Crippen molar-refractivity contribution in [2.45, 2.75) is 63.2 Å². The van der Waals surface area contributed by atoms with Crippen molar-refractivity contribution in [2.24, 2.45) is 5.92 Å². The van der Waals surface area contributed by atoms with Crippen molar-refractivity contribution in [2.75, 3.05) is 26.2 Å². The van der Waals surface area contributed by atoms with Crippen molar-refractivity contribution in [1.29, 1.82) is 0 Å². The third-order valence-corrected chi connectivity index (χ3v) is 5.70. The van der Waals surface area contributed by atoms with Crippen LogP contribution in [0.25, 0.3) is 0 Å². The summed E-state index contributed by atoms with van der Waals surface area (Å²) in [6.45, 7) is 3.61. The average molecular weight is 294 g/mol. The maximum atomic E-state index is 12.5. The van der Waals surface area contributed by atoms with Gasteiger partial charge in [-0.25, -0.2) is 5.06 Å². The Morgan fingerprint density at radius 3 is 2.67 bits per heavy atom. The van der Waals surface area contributed by atoms with Crippen molar-refractivity contribution >= 4 is 5.91 Å². The minimum atomic E-state index is -0.264. The number of carbonyl (C=O) groups is 1. The fourth-order valence-electron chi connectivity index (χ4n) is 4.13. The lowest BCUT2D eigenvalue weighted by molar-refractivity contribution is -0.206. The highest BCUT2D eigenvalue weighted by Gasteiger charge is 2.44. The SMILES string of the molecule is O=C([C@H]1C[C@@H]2CCN(C3CCC3)C[C@H]2O1)N1CCCCO1. The van der Waals surface area contributed by atoms with E-state index >= 15 is 0 Å². The second-order valence-corrected chi connectivity index (χ2v) is 7.01. The number of fused-ring (bicyclic) bond motifs is 1. The molecule has 0 aromatic heterocycles. The third-order valence-electron chi connectivity index (χ3n) is 5.70. The van der Waals surface area contributed by atoms with Gasteiger partial charge in [-0.2, -0.15) is 0 Å². The standard InChI is InChI=1S/C16H26N2O3/c19-16(18-7-1-2-9-20-18)14-10-12-6-8-17(11-15(12)21-14)13-4-3-5-13/h12-15H,1-11H2/t12-,14+,15+/m0/s1. The molecule has 0 bridgehead atoms. The summed E-state index contributed by atoms with van der Waals surface area (Å²) >= 11 is 0. The Balaban J connectivity index is 1.34. The van der Waals surface area contributed by atoms with Crippen LogP contribution in [-0.2, 0) is 14.4 Å². The normalized spacial score (nSPS) is 38.1. The first-order chi connectivity index (χ1) is 10.3. The number of piperidine rings is 1. The van der Waals surface area contributed by atoms with E-state index in [1.807, 2.05) is 0 Å². The first kappa shape index (κ1) is 14.0. The first-order valence-electron chi connectivity index (χ1n) is 8.65. The molecular formula is C16H26N2O3. The highest BCUT2D eigenvalue weighted by Crippen LogP contribution is 2.37. The summed E-state index contributed by atoms with van der Waals surface area (Å²) in [4.78, 5) is 20.6. The predicted octanol–water partition coefficient (Wildman–Crippen LogP) is 1.57. The second kappa shape index (κ2) is 5.86. The molecule has 0 N–H and O–H groups in total. The molecule has 0 aromatic carbocycles. The molecular weight excluding hydrogens is 268 g/mol. The lowest BCUT2D eigenvalue weighted by atomic mass is 9.86. The minimum absolute atomic E-state index is 0.0549. The summed E-state index contributed by atoms with van der Waals surface area (Å²) in [5.41, 5.74) is 0. The quantitative estimate of drug-likeness (QED) is 0.775. The van der Waals surface area contributed by atoms with E-state index < -0.39 is 0 Å². The van der Waals surface area contributed by atoms with E-state index in [0.717, 1.165) is 38.4 Å². The first-order valence-corrected chi connectivity index (χ1v) is 8.65. The van der Waals surface area contributed by atoms with Gasteiger partial charge in [0, 0.05) is 19.1 Å². The summed E-state index contributed by atoms with van der Waals surface area (Å²) in [7, 11) is 0. The maximum Gasteiger partial charge on any atom is 0.275 e. The Morgan fingerprint density at radius 2 is 1.95 bits per heavy atom. The monoisotopic (exact) mass is 294 g/mol. The van der Waals surface area contributed by atoms with Crippen LogP contribution >= 0.6 is 0 Å². The van der Waals surface area contributed by atoms with Gasteiger partial charge >= 0.3 is 0 Å². The zero-order valence-corrected chi connectivity index (χ0v) is 12.7. The molecule has 118 valence electrons. The van der Waals surface area contributed by atoms with Crippen molar-refractivity contribution in [3.8, 4) is 0 Å². The van der Waals surface area contributed by atoms with Crippen LogP contribution in [0.5, 0.6) is 0 Å². The largest absolute Gasteiger partial charge is 0.363 e. The second-order valence-electron chi connectivity index (χ2n) is 7.01. The molecule has 1 amide bonds. The fourth-order valence-corrected chi connectivity index (χ4v) is 4.13. The zero-order chi connectivity index (χ0) is 14.2. The molecule has 0 radical (unpaired) electrons. The van der Waals surface area contributed by atoms with Crippen LogP contribution in [0.2, 0.25) is 0 Å². The molecule has 3 heterocycles. The molecule has 5 heteroatoms. The lowest BCUT2D eigenvalue weighted by Crippen LogP contribution is -2.49. The number of hydrogen-bond acceptors (Lipinski definition) is 4. The molecule has 0 aromatic rings. The number of likely N-dealkylation sites (tertiary alicyclic amines) is 1. The summed E-state index contributed by atoms with van der Waals surface area (Å²) in [6.07, 6.45) is 8.25. The Bertz CT molecular complexity index is 393. The molecule has 1 saturated carbocycles. The molecule has 3 saturated heterocycles. The van der Waals surface area contributed by atoms with Crippen LogP contribution in [0.3, 0.4) is 0 Å². The number of nitrogens with zero attached hydrogens (tertiary/aromatic N) is 2. The van der Waals surface area contributed by atoms with E-state index in [0.29, 0.717) is 12.5 Å². The summed E-state index contributed by atoms with van der Waals surface area (Å²) in [5.74, 6) is 0.624. The van der Waals surface area contributed by atoms with Crippen LogP contribution in [0.4, 0.5) is 0 Å². The molecule has 3 atom stereocenters. The molecule has 4 fully saturated rings. The van der Waals surface area contributed by atoms with Crippen molar-refractivity contribution < 1.29 is 14.4 Å². The smallest absolute Gasteiger partial charge is 0.275 e. The van der Waals surface area contributed by atoms with Gasteiger partial charge in [-0.05, 0) is 51.0 Å². The topological polar surface area (TPSA) is 42.0 Å². The highest BCUT2D eigenvalue weighted by atomic mass is 16.7. The highest BCUT2D eigenvalue weighted by molar-refractivity contribution is 5.80.